The van der Waals surface area contributed by atoms with Crippen LogP contribution in [0.25, 0.3) is 22.2 Å². The number of hydrogen-bond donors (Lipinski definition) is 0. The molecule has 5 rings (SSSR count). The van der Waals surface area contributed by atoms with Gasteiger partial charge in [0, 0.05) is 42.7 Å². The summed E-state index contributed by atoms with van der Waals surface area (Å²) >= 11 is 5.96. The van der Waals surface area contributed by atoms with Crippen LogP contribution in [0.3, 0.4) is 0 Å². The summed E-state index contributed by atoms with van der Waals surface area (Å²) in [5, 5.41) is 0.598. The molecule has 4 aromatic rings. The van der Waals surface area contributed by atoms with Gasteiger partial charge in [-0.1, -0.05) is 41.9 Å². The van der Waals surface area contributed by atoms with Gasteiger partial charge in [0.1, 0.15) is 17.5 Å². The molecule has 0 bridgehead atoms. The molecule has 1 aliphatic heterocycles. The van der Waals surface area contributed by atoms with E-state index in [9.17, 15) is 9.18 Å². The van der Waals surface area contributed by atoms with E-state index >= 15 is 0 Å². The topological polar surface area (TPSA) is 51.0 Å². The number of hydrogen-bond acceptors (Lipinski definition) is 4. The summed E-state index contributed by atoms with van der Waals surface area (Å²) in [6, 6.07) is 16.7. The van der Waals surface area contributed by atoms with E-state index in [2.05, 4.69) is 34.1 Å². The van der Waals surface area contributed by atoms with Crippen LogP contribution in [0.5, 0.6) is 0 Å². The van der Waals surface area contributed by atoms with Gasteiger partial charge >= 0.3 is 0 Å². The van der Waals surface area contributed by atoms with Crippen molar-refractivity contribution in [1.82, 2.24) is 14.5 Å². The van der Waals surface area contributed by atoms with Crippen LogP contribution < -0.4 is 10.5 Å². The number of nitrogens with zero attached hydrogens (tertiary/aromatic N) is 4. The molecule has 3 heterocycles. The van der Waals surface area contributed by atoms with E-state index < -0.39 is 5.82 Å². The Morgan fingerprint density at radius 2 is 1.88 bits per heavy atom. The lowest BCUT2D eigenvalue weighted by Crippen LogP contribution is -2.24. The summed E-state index contributed by atoms with van der Waals surface area (Å²) in [6.45, 7) is 3.41. The van der Waals surface area contributed by atoms with Crippen molar-refractivity contribution in [2.75, 3.05) is 18.0 Å². The predicted octanol–water partition coefficient (Wildman–Crippen LogP) is 5.09. The van der Waals surface area contributed by atoms with Crippen LogP contribution in [0, 0.1) is 12.7 Å². The fraction of sp³-hybridized carbons (Fsp3) is 0.240. The number of rotatable bonds is 3. The summed E-state index contributed by atoms with van der Waals surface area (Å²) in [6.07, 6.45) is 0.997. The van der Waals surface area contributed by atoms with Crippen LogP contribution in [0.2, 0.25) is 5.02 Å². The van der Waals surface area contributed by atoms with Crippen molar-refractivity contribution in [2.45, 2.75) is 19.3 Å². The Kier molecular flexibility index (Phi) is 5.18. The molecule has 162 valence electrons. The number of fused-ring (bicyclic) bond motifs is 1. The van der Waals surface area contributed by atoms with Gasteiger partial charge in [-0.2, -0.15) is 0 Å². The van der Waals surface area contributed by atoms with Crippen molar-refractivity contribution < 1.29 is 4.39 Å². The maximum absolute atomic E-state index is 14.9. The fourth-order valence-electron chi connectivity index (χ4n) is 4.39. The molecule has 1 atom stereocenters. The molecule has 0 N–H and O–H groups in total. The van der Waals surface area contributed by atoms with Crippen molar-refractivity contribution in [2.24, 2.45) is 7.05 Å². The van der Waals surface area contributed by atoms with Gasteiger partial charge in [-0.05, 0) is 37.1 Å². The third-order valence-electron chi connectivity index (χ3n) is 6.24. The summed E-state index contributed by atoms with van der Waals surface area (Å²) in [7, 11) is 1.66. The van der Waals surface area contributed by atoms with Crippen LogP contribution in [0.15, 0.2) is 59.4 Å². The largest absolute Gasteiger partial charge is 0.356 e. The molecule has 2 aromatic carbocycles. The van der Waals surface area contributed by atoms with Gasteiger partial charge in [-0.25, -0.2) is 14.4 Å². The van der Waals surface area contributed by atoms with E-state index in [-0.39, 0.29) is 11.1 Å². The molecular formula is C25H22ClFN4O. The van der Waals surface area contributed by atoms with Crippen molar-refractivity contribution in [3.63, 3.8) is 0 Å². The number of pyridine rings is 1. The highest BCUT2D eigenvalue weighted by Gasteiger charge is 2.27. The first-order valence-electron chi connectivity index (χ1n) is 10.6. The quantitative estimate of drug-likeness (QED) is 0.438. The molecule has 0 aliphatic carbocycles. The van der Waals surface area contributed by atoms with Crippen molar-refractivity contribution >= 4 is 28.3 Å². The average Bonchev–Trinajstić information content (AvgIpc) is 3.28. The van der Waals surface area contributed by atoms with E-state index in [1.807, 2.05) is 12.1 Å². The van der Waals surface area contributed by atoms with Crippen LogP contribution in [-0.4, -0.2) is 27.6 Å². The Balaban J connectivity index is 1.67. The van der Waals surface area contributed by atoms with Crippen LogP contribution >= 0.6 is 11.6 Å². The first kappa shape index (κ1) is 20.6. The van der Waals surface area contributed by atoms with E-state index in [4.69, 9.17) is 16.6 Å². The van der Waals surface area contributed by atoms with Crippen LogP contribution in [-0.2, 0) is 7.05 Å². The number of aryl methyl sites for hydroxylation is 1. The smallest absolute Gasteiger partial charge is 0.263 e. The zero-order valence-electron chi connectivity index (χ0n) is 17.8. The molecule has 1 aliphatic rings. The molecule has 5 nitrogen and oxygen atoms in total. The standard InChI is InChI=1S/C25H22ClFN4O/c1-15-28-21-13-22(31-11-10-17(14-31)16-6-4-3-5-7-16)29-24(23(21)25(32)30(15)2)19-9-8-18(26)12-20(19)27/h3-9,12-13,17H,10-11,14H2,1-2H3/t17-/m1/s1. The van der Waals surface area contributed by atoms with Gasteiger partial charge in [0.15, 0.2) is 0 Å². The minimum absolute atomic E-state index is 0.239. The Hall–Kier alpha value is -3.25. The first-order chi connectivity index (χ1) is 15.4. The van der Waals surface area contributed by atoms with Crippen molar-refractivity contribution in [1.29, 1.82) is 0 Å². The molecule has 0 amide bonds. The average molecular weight is 449 g/mol. The lowest BCUT2D eigenvalue weighted by Gasteiger charge is -2.20. The fourth-order valence-corrected chi connectivity index (χ4v) is 4.54. The van der Waals surface area contributed by atoms with Gasteiger partial charge in [0.05, 0.1) is 16.6 Å². The van der Waals surface area contributed by atoms with Crippen LogP contribution in [0.4, 0.5) is 10.2 Å². The van der Waals surface area contributed by atoms with Gasteiger partial charge in [-0.3, -0.25) is 9.36 Å². The van der Waals surface area contributed by atoms with Gasteiger partial charge in [0.25, 0.3) is 5.56 Å². The zero-order chi connectivity index (χ0) is 22.4. The molecule has 0 radical (unpaired) electrons. The highest BCUT2D eigenvalue weighted by Crippen LogP contribution is 2.34. The third kappa shape index (κ3) is 3.54. The maximum Gasteiger partial charge on any atom is 0.263 e. The minimum atomic E-state index is -0.519. The summed E-state index contributed by atoms with van der Waals surface area (Å²) < 4.78 is 16.4. The normalized spacial score (nSPS) is 16.1. The lowest BCUT2D eigenvalue weighted by atomic mass is 9.99. The third-order valence-corrected chi connectivity index (χ3v) is 6.48. The molecule has 32 heavy (non-hydrogen) atoms. The SMILES string of the molecule is Cc1nc2cc(N3CC[C@@H](c4ccccc4)C3)nc(-c3ccc(Cl)cc3F)c2c(=O)n1C. The maximum atomic E-state index is 14.9. The number of benzene rings is 2. The Morgan fingerprint density at radius 1 is 1.09 bits per heavy atom. The Labute approximate surface area is 190 Å². The molecule has 7 heteroatoms. The first-order valence-corrected chi connectivity index (χ1v) is 10.9. The van der Waals surface area contributed by atoms with E-state index in [1.54, 1.807) is 26.1 Å². The molecule has 1 fully saturated rings. The summed E-state index contributed by atoms with van der Waals surface area (Å²) in [4.78, 5) is 24.7. The Morgan fingerprint density at radius 3 is 2.62 bits per heavy atom. The number of halogens is 2. The van der Waals surface area contributed by atoms with E-state index in [0.29, 0.717) is 39.2 Å². The molecular weight excluding hydrogens is 427 g/mol. The highest BCUT2D eigenvalue weighted by molar-refractivity contribution is 6.30. The number of aromatic nitrogens is 3. The second-order valence-corrected chi connectivity index (χ2v) is 8.65. The zero-order valence-corrected chi connectivity index (χ0v) is 18.6. The molecule has 0 unspecified atom stereocenters. The second-order valence-electron chi connectivity index (χ2n) is 8.21. The lowest BCUT2D eigenvalue weighted by molar-refractivity contribution is 0.631. The summed E-state index contributed by atoms with van der Waals surface area (Å²) in [5.74, 6) is 1.16. The van der Waals surface area contributed by atoms with E-state index in [0.717, 1.165) is 19.5 Å². The molecule has 1 saturated heterocycles. The second kappa shape index (κ2) is 8.02. The minimum Gasteiger partial charge on any atom is -0.356 e. The highest BCUT2D eigenvalue weighted by atomic mass is 35.5. The van der Waals surface area contributed by atoms with Crippen LogP contribution in [0.1, 0.15) is 23.7 Å². The molecule has 0 spiro atoms. The van der Waals surface area contributed by atoms with Crippen molar-refractivity contribution in [3.8, 4) is 11.3 Å². The van der Waals surface area contributed by atoms with Gasteiger partial charge in [0.2, 0.25) is 0 Å². The Bertz CT molecular complexity index is 1390. The van der Waals surface area contributed by atoms with Gasteiger partial charge < -0.3 is 4.90 Å². The van der Waals surface area contributed by atoms with E-state index in [1.165, 1.54) is 16.2 Å². The number of anilines is 1. The van der Waals surface area contributed by atoms with Gasteiger partial charge in [-0.15, -0.1) is 0 Å². The monoisotopic (exact) mass is 448 g/mol. The molecule has 2 aromatic heterocycles. The van der Waals surface area contributed by atoms with Crippen molar-refractivity contribution in [3.05, 3.63) is 87.2 Å². The summed E-state index contributed by atoms with van der Waals surface area (Å²) in [5.41, 5.74) is 2.09. The molecule has 0 saturated carbocycles. The predicted molar refractivity (Wildman–Crippen MR) is 126 cm³/mol.